The standard InChI is InChI=1S/C16H13NO3/c17-10-11-19-16(18)12-20-15-8-6-14(7-9-15)13-4-2-1-3-5-13/h1-9H,11-12H2. The Balaban J connectivity index is 1.92. The molecule has 0 aromatic heterocycles. The number of rotatable bonds is 5. The van der Waals surface area contributed by atoms with Gasteiger partial charge in [0.2, 0.25) is 0 Å². The summed E-state index contributed by atoms with van der Waals surface area (Å²) in [5.74, 6) is 0.0253. The highest BCUT2D eigenvalue weighted by Gasteiger charge is 2.04. The second-order valence-electron chi connectivity index (χ2n) is 4.00. The fraction of sp³-hybridized carbons (Fsp3) is 0.125. The average Bonchev–Trinajstić information content (AvgIpc) is 2.52. The molecule has 0 aliphatic heterocycles. The van der Waals surface area contributed by atoms with E-state index in [1.54, 1.807) is 18.2 Å². The molecule has 2 rings (SSSR count). The maximum Gasteiger partial charge on any atom is 0.345 e. The van der Waals surface area contributed by atoms with Gasteiger partial charge in [0.25, 0.3) is 0 Å². The lowest BCUT2D eigenvalue weighted by Crippen LogP contribution is -2.14. The third-order valence-corrected chi connectivity index (χ3v) is 2.62. The van der Waals surface area contributed by atoms with E-state index in [0.717, 1.165) is 11.1 Å². The lowest BCUT2D eigenvalue weighted by molar-refractivity contribution is -0.144. The summed E-state index contributed by atoms with van der Waals surface area (Å²) in [6, 6.07) is 19.1. The van der Waals surface area contributed by atoms with Crippen molar-refractivity contribution in [1.29, 1.82) is 5.26 Å². The first-order valence-corrected chi connectivity index (χ1v) is 6.10. The monoisotopic (exact) mass is 267 g/mol. The van der Waals surface area contributed by atoms with Gasteiger partial charge in [-0.2, -0.15) is 5.26 Å². The zero-order valence-corrected chi connectivity index (χ0v) is 10.8. The second kappa shape index (κ2) is 6.95. The van der Waals surface area contributed by atoms with Crippen LogP contribution in [-0.4, -0.2) is 19.2 Å². The smallest absolute Gasteiger partial charge is 0.345 e. The van der Waals surface area contributed by atoms with Gasteiger partial charge in [0, 0.05) is 0 Å². The molecule has 0 radical (unpaired) electrons. The lowest BCUT2D eigenvalue weighted by Gasteiger charge is -2.06. The molecule has 0 bridgehead atoms. The molecule has 0 fully saturated rings. The van der Waals surface area contributed by atoms with Crippen molar-refractivity contribution in [2.45, 2.75) is 0 Å². The predicted molar refractivity (Wildman–Crippen MR) is 73.9 cm³/mol. The minimum absolute atomic E-state index is 0.202. The van der Waals surface area contributed by atoms with E-state index in [1.807, 2.05) is 42.5 Å². The SMILES string of the molecule is N#CCOC(=O)COc1ccc(-c2ccccc2)cc1. The minimum atomic E-state index is -0.557. The molecule has 2 aromatic rings. The van der Waals surface area contributed by atoms with Crippen molar-refractivity contribution in [3.63, 3.8) is 0 Å². The quantitative estimate of drug-likeness (QED) is 0.781. The summed E-state index contributed by atoms with van der Waals surface area (Å²) >= 11 is 0. The number of nitriles is 1. The number of nitrogens with zero attached hydrogens (tertiary/aromatic N) is 1. The van der Waals surface area contributed by atoms with Crippen molar-refractivity contribution in [2.24, 2.45) is 0 Å². The van der Waals surface area contributed by atoms with Crippen LogP contribution in [0.25, 0.3) is 11.1 Å². The van der Waals surface area contributed by atoms with E-state index in [2.05, 4.69) is 4.74 Å². The summed E-state index contributed by atoms with van der Waals surface area (Å²) in [7, 11) is 0. The van der Waals surface area contributed by atoms with E-state index in [0.29, 0.717) is 5.75 Å². The first-order valence-electron chi connectivity index (χ1n) is 6.10. The van der Waals surface area contributed by atoms with Crippen molar-refractivity contribution in [1.82, 2.24) is 0 Å². The van der Waals surface area contributed by atoms with Crippen molar-refractivity contribution in [2.75, 3.05) is 13.2 Å². The molecule has 0 atom stereocenters. The van der Waals surface area contributed by atoms with E-state index in [1.165, 1.54) is 0 Å². The van der Waals surface area contributed by atoms with Crippen molar-refractivity contribution >= 4 is 5.97 Å². The van der Waals surface area contributed by atoms with Gasteiger partial charge in [-0.3, -0.25) is 0 Å². The average molecular weight is 267 g/mol. The first kappa shape index (κ1) is 13.6. The summed E-state index contributed by atoms with van der Waals surface area (Å²) in [6.07, 6.45) is 0. The molecule has 0 heterocycles. The van der Waals surface area contributed by atoms with E-state index >= 15 is 0 Å². The first-order chi connectivity index (χ1) is 9.79. The molecule has 0 spiro atoms. The molecule has 100 valence electrons. The molecule has 0 aliphatic carbocycles. The van der Waals surface area contributed by atoms with Gasteiger partial charge in [0.05, 0.1) is 0 Å². The number of ether oxygens (including phenoxy) is 2. The van der Waals surface area contributed by atoms with Gasteiger partial charge in [-0.15, -0.1) is 0 Å². The molecule has 20 heavy (non-hydrogen) atoms. The largest absolute Gasteiger partial charge is 0.482 e. The molecule has 0 saturated carbocycles. The lowest BCUT2D eigenvalue weighted by atomic mass is 10.1. The van der Waals surface area contributed by atoms with Crippen LogP contribution in [0.2, 0.25) is 0 Å². The molecule has 0 amide bonds. The molecule has 0 unspecified atom stereocenters. The van der Waals surface area contributed by atoms with Crippen LogP contribution in [0.1, 0.15) is 0 Å². The van der Waals surface area contributed by atoms with Crippen molar-refractivity contribution in [3.8, 4) is 22.9 Å². The molecule has 0 saturated heterocycles. The normalized spacial score (nSPS) is 9.55. The minimum Gasteiger partial charge on any atom is -0.482 e. The molecule has 0 aliphatic rings. The Labute approximate surface area is 117 Å². The van der Waals surface area contributed by atoms with E-state index in [-0.39, 0.29) is 13.2 Å². The molecular formula is C16H13NO3. The number of carbonyl (C=O) groups excluding carboxylic acids is 1. The third-order valence-electron chi connectivity index (χ3n) is 2.62. The van der Waals surface area contributed by atoms with E-state index < -0.39 is 5.97 Å². The van der Waals surface area contributed by atoms with Crippen molar-refractivity contribution < 1.29 is 14.3 Å². The van der Waals surface area contributed by atoms with Crippen LogP contribution in [-0.2, 0) is 9.53 Å². The van der Waals surface area contributed by atoms with Crippen LogP contribution >= 0.6 is 0 Å². The number of hydrogen-bond acceptors (Lipinski definition) is 4. The summed E-state index contributed by atoms with van der Waals surface area (Å²) in [5, 5.41) is 8.27. The van der Waals surface area contributed by atoms with Crippen LogP contribution in [0.15, 0.2) is 54.6 Å². The Hall–Kier alpha value is -2.80. The van der Waals surface area contributed by atoms with Gasteiger partial charge >= 0.3 is 5.97 Å². The zero-order chi connectivity index (χ0) is 14.2. The van der Waals surface area contributed by atoms with E-state index in [9.17, 15) is 4.79 Å². The van der Waals surface area contributed by atoms with Crippen LogP contribution in [0, 0.1) is 11.3 Å². The van der Waals surface area contributed by atoms with Crippen molar-refractivity contribution in [3.05, 3.63) is 54.6 Å². The Morgan fingerprint density at radius 2 is 1.65 bits per heavy atom. The second-order valence-corrected chi connectivity index (χ2v) is 4.00. The Morgan fingerprint density at radius 1 is 1.00 bits per heavy atom. The number of carbonyl (C=O) groups is 1. The predicted octanol–water partition coefficient (Wildman–Crippen LogP) is 2.80. The Morgan fingerprint density at radius 3 is 2.30 bits per heavy atom. The van der Waals surface area contributed by atoms with Gasteiger partial charge in [0.1, 0.15) is 11.8 Å². The zero-order valence-electron chi connectivity index (χ0n) is 10.8. The number of hydrogen-bond donors (Lipinski definition) is 0. The summed E-state index contributed by atoms with van der Waals surface area (Å²) in [6.45, 7) is -0.457. The highest BCUT2D eigenvalue weighted by atomic mass is 16.6. The molecule has 2 aromatic carbocycles. The Kier molecular flexibility index (Phi) is 4.74. The highest BCUT2D eigenvalue weighted by Crippen LogP contribution is 2.21. The van der Waals surface area contributed by atoms with Gasteiger partial charge in [-0.1, -0.05) is 42.5 Å². The summed E-state index contributed by atoms with van der Waals surface area (Å²) < 4.78 is 9.85. The highest BCUT2D eigenvalue weighted by molar-refractivity contribution is 5.71. The van der Waals surface area contributed by atoms with Gasteiger partial charge in [-0.25, -0.2) is 4.79 Å². The Bertz CT molecular complexity index is 600. The van der Waals surface area contributed by atoms with Crippen LogP contribution < -0.4 is 4.74 Å². The fourth-order valence-corrected chi connectivity index (χ4v) is 1.67. The van der Waals surface area contributed by atoms with Crippen LogP contribution in [0.3, 0.4) is 0 Å². The third kappa shape index (κ3) is 3.85. The number of esters is 1. The van der Waals surface area contributed by atoms with Gasteiger partial charge in [0.15, 0.2) is 13.2 Å². The van der Waals surface area contributed by atoms with E-state index in [4.69, 9.17) is 10.00 Å². The van der Waals surface area contributed by atoms with Gasteiger partial charge < -0.3 is 9.47 Å². The topological polar surface area (TPSA) is 59.3 Å². The number of benzene rings is 2. The molecular weight excluding hydrogens is 254 g/mol. The maximum atomic E-state index is 11.2. The summed E-state index contributed by atoms with van der Waals surface area (Å²) in [4.78, 5) is 11.2. The van der Waals surface area contributed by atoms with Gasteiger partial charge in [-0.05, 0) is 23.3 Å². The summed E-state index contributed by atoms with van der Waals surface area (Å²) in [5.41, 5.74) is 2.19. The maximum absolute atomic E-state index is 11.2. The molecule has 4 nitrogen and oxygen atoms in total. The fourth-order valence-electron chi connectivity index (χ4n) is 1.67. The van der Waals surface area contributed by atoms with Crippen LogP contribution in [0.4, 0.5) is 0 Å². The molecule has 4 heteroatoms. The van der Waals surface area contributed by atoms with Crippen LogP contribution in [0.5, 0.6) is 5.75 Å². The molecule has 0 N–H and O–H groups in total.